The third kappa shape index (κ3) is 3.83. The van der Waals surface area contributed by atoms with Gasteiger partial charge >= 0.3 is 0 Å². The molecule has 31 heavy (non-hydrogen) atoms. The summed E-state index contributed by atoms with van der Waals surface area (Å²) in [6.07, 6.45) is -0.268. The number of fused-ring (bicyclic) bond motifs is 1. The van der Waals surface area contributed by atoms with Crippen molar-refractivity contribution in [2.75, 3.05) is 12.3 Å². The predicted molar refractivity (Wildman–Crippen MR) is 109 cm³/mol. The normalized spacial score (nSPS) is 25.7. The van der Waals surface area contributed by atoms with Gasteiger partial charge in [0.15, 0.2) is 17.6 Å². The van der Waals surface area contributed by atoms with E-state index in [0.717, 1.165) is 5.56 Å². The molecular formula is C20H24N6O5. The van der Waals surface area contributed by atoms with Crippen LogP contribution in [0.15, 0.2) is 43.0 Å². The van der Waals surface area contributed by atoms with Crippen LogP contribution in [0.25, 0.3) is 11.2 Å². The summed E-state index contributed by atoms with van der Waals surface area (Å²) in [5, 5.41) is 33.5. The topological polar surface area (TPSA) is 169 Å². The van der Waals surface area contributed by atoms with Gasteiger partial charge in [0, 0.05) is 6.42 Å². The van der Waals surface area contributed by atoms with Crippen LogP contribution in [0.3, 0.4) is 0 Å². The number of carbonyl (C=O) groups is 1. The van der Waals surface area contributed by atoms with E-state index in [4.69, 9.17) is 10.5 Å². The highest BCUT2D eigenvalue weighted by Crippen LogP contribution is 2.36. The molecule has 4 rings (SSSR count). The molecule has 6 N–H and O–H groups in total. The number of anilines is 1. The van der Waals surface area contributed by atoms with Crippen molar-refractivity contribution >= 4 is 22.9 Å². The summed E-state index contributed by atoms with van der Waals surface area (Å²) in [7, 11) is 0. The highest BCUT2D eigenvalue weighted by atomic mass is 16.6. The standard InChI is InChI=1S/C20H24N6O5/c21-18-15-19(23-10-22-18)26(11-24-15)20(17(30)16(29)13(9-27)31-20)25-14(28)8-4-7-12-5-2-1-3-6-12/h1-3,5-6,10-11,13,16-17,27,29-30H,4,7-9H2,(H,25,28)(H2,21,22,23)/t13-,16-,17-,20+/m1/s1. The lowest BCUT2D eigenvalue weighted by Gasteiger charge is -2.34. The van der Waals surface area contributed by atoms with Gasteiger partial charge < -0.3 is 31.1 Å². The fourth-order valence-corrected chi connectivity index (χ4v) is 3.77. The molecule has 0 aliphatic carbocycles. The number of aliphatic hydroxyl groups is 3. The van der Waals surface area contributed by atoms with Crippen LogP contribution < -0.4 is 11.1 Å². The summed E-state index contributed by atoms with van der Waals surface area (Å²) in [6, 6.07) is 9.75. The maximum absolute atomic E-state index is 12.8. The highest BCUT2D eigenvalue weighted by Gasteiger charge is 2.57. The molecule has 1 saturated heterocycles. The van der Waals surface area contributed by atoms with Crippen molar-refractivity contribution < 1.29 is 24.9 Å². The molecule has 3 aromatic rings. The van der Waals surface area contributed by atoms with E-state index in [1.165, 1.54) is 17.2 Å². The zero-order chi connectivity index (χ0) is 22.0. The van der Waals surface area contributed by atoms with Crippen molar-refractivity contribution in [2.24, 2.45) is 0 Å². The van der Waals surface area contributed by atoms with Crippen molar-refractivity contribution in [2.45, 2.75) is 43.4 Å². The average molecular weight is 428 g/mol. The van der Waals surface area contributed by atoms with E-state index in [1.807, 2.05) is 30.3 Å². The van der Waals surface area contributed by atoms with Gasteiger partial charge in [-0.05, 0) is 18.4 Å². The Morgan fingerprint density at radius 2 is 2.00 bits per heavy atom. The molecular weight excluding hydrogens is 404 g/mol. The van der Waals surface area contributed by atoms with E-state index in [2.05, 4.69) is 20.3 Å². The lowest BCUT2D eigenvalue weighted by Crippen LogP contribution is -2.58. The van der Waals surface area contributed by atoms with Gasteiger partial charge in [-0.3, -0.25) is 9.36 Å². The molecule has 0 unspecified atom stereocenters. The molecule has 1 fully saturated rings. The minimum atomic E-state index is -1.92. The number of aliphatic hydroxyl groups excluding tert-OH is 3. The molecule has 0 saturated carbocycles. The Labute approximate surface area is 177 Å². The molecule has 0 spiro atoms. The second-order valence-electron chi connectivity index (χ2n) is 7.40. The first kappa shape index (κ1) is 21.1. The summed E-state index contributed by atoms with van der Waals surface area (Å²) in [5.41, 5.74) is 7.39. The first-order valence-electron chi connectivity index (χ1n) is 9.90. The zero-order valence-corrected chi connectivity index (χ0v) is 16.6. The summed E-state index contributed by atoms with van der Waals surface area (Å²) < 4.78 is 7.08. The van der Waals surface area contributed by atoms with Gasteiger partial charge in [0.05, 0.1) is 6.61 Å². The Bertz CT molecular complexity index is 1060. The summed E-state index contributed by atoms with van der Waals surface area (Å²) in [5.74, 6) is -2.23. The van der Waals surface area contributed by atoms with Gasteiger partial charge in [-0.25, -0.2) is 15.0 Å². The Balaban J connectivity index is 1.61. The number of ether oxygens (including phenoxy) is 1. The Hall–Kier alpha value is -3.12. The molecule has 11 heteroatoms. The number of nitrogen functional groups attached to an aromatic ring is 1. The van der Waals surface area contributed by atoms with E-state index in [9.17, 15) is 20.1 Å². The van der Waals surface area contributed by atoms with Crippen LogP contribution in [0.4, 0.5) is 5.82 Å². The molecule has 0 radical (unpaired) electrons. The van der Waals surface area contributed by atoms with Crippen molar-refractivity contribution in [1.82, 2.24) is 24.8 Å². The number of imidazole rings is 1. The number of carbonyl (C=O) groups excluding carboxylic acids is 1. The number of nitrogens with two attached hydrogens (primary N) is 1. The molecule has 1 aromatic carbocycles. The van der Waals surface area contributed by atoms with E-state index in [0.29, 0.717) is 12.8 Å². The van der Waals surface area contributed by atoms with Crippen LogP contribution in [-0.4, -0.2) is 65.7 Å². The largest absolute Gasteiger partial charge is 0.394 e. The monoisotopic (exact) mass is 428 g/mol. The quantitative estimate of drug-likeness (QED) is 0.326. The summed E-state index contributed by atoms with van der Waals surface area (Å²) in [6.45, 7) is -0.562. The Morgan fingerprint density at radius 1 is 1.23 bits per heavy atom. The third-order valence-electron chi connectivity index (χ3n) is 5.37. The molecule has 1 amide bonds. The molecule has 1 aliphatic heterocycles. The maximum atomic E-state index is 12.8. The first-order valence-corrected chi connectivity index (χ1v) is 9.90. The predicted octanol–water partition coefficient (Wildman–Crippen LogP) is -0.729. The van der Waals surface area contributed by atoms with Gasteiger partial charge in [0.2, 0.25) is 5.91 Å². The van der Waals surface area contributed by atoms with Crippen LogP contribution in [-0.2, 0) is 21.8 Å². The number of nitrogens with zero attached hydrogens (tertiary/aromatic N) is 4. The highest BCUT2D eigenvalue weighted by molar-refractivity contribution is 5.82. The van der Waals surface area contributed by atoms with Gasteiger partial charge in [-0.15, -0.1) is 0 Å². The molecule has 1 aliphatic rings. The number of aromatic nitrogens is 4. The van der Waals surface area contributed by atoms with Crippen molar-refractivity contribution in [3.05, 3.63) is 48.5 Å². The Kier molecular flexibility index (Phi) is 5.83. The maximum Gasteiger partial charge on any atom is 0.257 e. The number of rotatable bonds is 7. The number of hydrogen-bond acceptors (Lipinski definition) is 9. The van der Waals surface area contributed by atoms with Gasteiger partial charge in [0.25, 0.3) is 5.85 Å². The van der Waals surface area contributed by atoms with Crippen LogP contribution in [0.2, 0.25) is 0 Å². The summed E-state index contributed by atoms with van der Waals surface area (Å²) in [4.78, 5) is 25.0. The lowest BCUT2D eigenvalue weighted by atomic mass is 10.1. The smallest absolute Gasteiger partial charge is 0.257 e. The van der Waals surface area contributed by atoms with Crippen LogP contribution in [0, 0.1) is 0 Å². The molecule has 3 heterocycles. The van der Waals surface area contributed by atoms with Gasteiger partial charge in [0.1, 0.15) is 30.4 Å². The number of nitrogens with one attached hydrogen (secondary N) is 1. The summed E-state index contributed by atoms with van der Waals surface area (Å²) >= 11 is 0. The third-order valence-corrected chi connectivity index (χ3v) is 5.37. The fraction of sp³-hybridized carbons (Fsp3) is 0.400. The minimum absolute atomic E-state index is 0.111. The first-order chi connectivity index (χ1) is 15.0. The fourth-order valence-electron chi connectivity index (χ4n) is 3.77. The minimum Gasteiger partial charge on any atom is -0.394 e. The van der Waals surface area contributed by atoms with Gasteiger partial charge in [-0.2, -0.15) is 0 Å². The van der Waals surface area contributed by atoms with E-state index >= 15 is 0 Å². The van der Waals surface area contributed by atoms with E-state index in [1.54, 1.807) is 0 Å². The van der Waals surface area contributed by atoms with E-state index < -0.39 is 36.7 Å². The molecule has 4 atom stereocenters. The zero-order valence-electron chi connectivity index (χ0n) is 16.6. The number of benzene rings is 1. The average Bonchev–Trinajstić information content (AvgIpc) is 3.31. The number of hydrogen-bond donors (Lipinski definition) is 5. The van der Waals surface area contributed by atoms with Crippen molar-refractivity contribution in [1.29, 1.82) is 0 Å². The second-order valence-corrected chi connectivity index (χ2v) is 7.40. The van der Waals surface area contributed by atoms with Crippen LogP contribution in [0.5, 0.6) is 0 Å². The van der Waals surface area contributed by atoms with Crippen LogP contribution in [0.1, 0.15) is 18.4 Å². The van der Waals surface area contributed by atoms with Crippen LogP contribution >= 0.6 is 0 Å². The van der Waals surface area contributed by atoms with Crippen molar-refractivity contribution in [3.8, 4) is 0 Å². The SMILES string of the molecule is Nc1ncnc2c1ncn2[C@]1(NC(=O)CCCc2ccccc2)O[C@H](CO)[C@@H](O)[C@H]1O. The molecule has 2 aromatic heterocycles. The van der Waals surface area contributed by atoms with E-state index in [-0.39, 0.29) is 23.4 Å². The molecule has 0 bridgehead atoms. The Morgan fingerprint density at radius 3 is 2.71 bits per heavy atom. The molecule has 11 nitrogen and oxygen atoms in total. The second kappa shape index (κ2) is 8.55. The number of amides is 1. The molecule has 164 valence electrons. The van der Waals surface area contributed by atoms with Crippen molar-refractivity contribution in [3.63, 3.8) is 0 Å². The number of aryl methyl sites for hydroxylation is 1. The van der Waals surface area contributed by atoms with Gasteiger partial charge in [-0.1, -0.05) is 30.3 Å². The lowest BCUT2D eigenvalue weighted by molar-refractivity contribution is -0.176.